The molecular formula is C19H25FN4O2S. The van der Waals surface area contributed by atoms with Crippen LogP contribution < -0.4 is 14.8 Å². The third kappa shape index (κ3) is 7.05. The van der Waals surface area contributed by atoms with Crippen LogP contribution in [0.4, 0.5) is 10.2 Å². The molecule has 27 heavy (non-hydrogen) atoms. The second-order valence-corrected chi connectivity index (χ2v) is 6.73. The van der Waals surface area contributed by atoms with E-state index in [0.29, 0.717) is 11.7 Å². The van der Waals surface area contributed by atoms with Crippen molar-refractivity contribution >= 4 is 22.7 Å². The third-order valence-electron chi connectivity index (χ3n) is 3.37. The Morgan fingerprint density at radius 1 is 1.30 bits per heavy atom. The Balaban J connectivity index is 2.07. The molecule has 1 N–H and O–H groups in total. The van der Waals surface area contributed by atoms with E-state index >= 15 is 0 Å². The molecule has 8 heteroatoms. The number of anilines is 1. The van der Waals surface area contributed by atoms with Crippen LogP contribution in [-0.2, 0) is 6.61 Å². The van der Waals surface area contributed by atoms with Gasteiger partial charge in [0.15, 0.2) is 16.8 Å². The minimum atomic E-state index is -0.551. The molecule has 146 valence electrons. The van der Waals surface area contributed by atoms with Crippen LogP contribution in [0.3, 0.4) is 0 Å². The minimum absolute atomic E-state index is 0.0594. The van der Waals surface area contributed by atoms with Crippen LogP contribution in [0.25, 0.3) is 0 Å². The van der Waals surface area contributed by atoms with Crippen molar-refractivity contribution in [1.82, 2.24) is 9.97 Å². The van der Waals surface area contributed by atoms with Crippen molar-refractivity contribution in [2.75, 3.05) is 24.7 Å². The first-order chi connectivity index (χ1) is 13.2. The molecule has 6 nitrogen and oxygen atoms in total. The van der Waals surface area contributed by atoms with Gasteiger partial charge in [0.05, 0.1) is 13.3 Å². The predicted molar refractivity (Wildman–Crippen MR) is 108 cm³/mol. The standard InChI is InChI=1S/C19H25FN4O2S/c1-4-9-21-19(27-10-5-2)24-17-16(20)12-22-18(23-17)26-13-14-7-6-8-15(11-14)25-3/h6-8,11-12H,4-5,9-10,13H2,1-3H3,(H,21,22,23,24). The number of methoxy groups -OCH3 is 1. The number of ether oxygens (including phenoxy) is 2. The summed E-state index contributed by atoms with van der Waals surface area (Å²) >= 11 is 1.54. The summed E-state index contributed by atoms with van der Waals surface area (Å²) in [5, 5.41) is 3.61. The molecule has 0 aliphatic heterocycles. The van der Waals surface area contributed by atoms with Crippen LogP contribution in [-0.4, -0.2) is 34.5 Å². The molecule has 0 bridgehead atoms. The summed E-state index contributed by atoms with van der Waals surface area (Å²) < 4.78 is 24.9. The monoisotopic (exact) mass is 392 g/mol. The van der Waals surface area contributed by atoms with Crippen LogP contribution in [0.2, 0.25) is 0 Å². The largest absolute Gasteiger partial charge is 0.497 e. The van der Waals surface area contributed by atoms with Gasteiger partial charge in [0.2, 0.25) is 0 Å². The van der Waals surface area contributed by atoms with E-state index in [2.05, 4.69) is 27.2 Å². The first-order valence-corrected chi connectivity index (χ1v) is 9.87. The van der Waals surface area contributed by atoms with E-state index in [9.17, 15) is 4.39 Å². The van der Waals surface area contributed by atoms with Crippen LogP contribution in [0.15, 0.2) is 35.5 Å². The Labute approximate surface area is 163 Å². The number of hydrogen-bond donors (Lipinski definition) is 1. The van der Waals surface area contributed by atoms with E-state index in [1.54, 1.807) is 18.9 Å². The Kier molecular flexibility index (Phi) is 8.83. The summed E-state index contributed by atoms with van der Waals surface area (Å²) in [6.07, 6.45) is 3.01. The fraction of sp³-hybridized carbons (Fsp3) is 0.421. The van der Waals surface area contributed by atoms with Crippen molar-refractivity contribution in [1.29, 1.82) is 0 Å². The van der Waals surface area contributed by atoms with E-state index < -0.39 is 5.82 Å². The molecule has 0 fully saturated rings. The van der Waals surface area contributed by atoms with Gasteiger partial charge in [-0.25, -0.2) is 9.37 Å². The highest BCUT2D eigenvalue weighted by Gasteiger charge is 2.11. The molecule has 2 aromatic rings. The first kappa shape index (κ1) is 21.0. The summed E-state index contributed by atoms with van der Waals surface area (Å²) in [5.41, 5.74) is 0.903. The van der Waals surface area contributed by atoms with Crippen LogP contribution in [0, 0.1) is 5.82 Å². The molecule has 1 aromatic heterocycles. The first-order valence-electron chi connectivity index (χ1n) is 8.88. The lowest BCUT2D eigenvalue weighted by molar-refractivity contribution is 0.279. The number of aliphatic imine (C=N–C) groups is 1. The van der Waals surface area contributed by atoms with Crippen molar-refractivity contribution in [2.24, 2.45) is 4.99 Å². The van der Waals surface area contributed by atoms with E-state index in [0.717, 1.165) is 36.1 Å². The number of rotatable bonds is 9. The molecule has 1 aromatic carbocycles. The quantitative estimate of drug-likeness (QED) is 0.500. The summed E-state index contributed by atoms with van der Waals surface area (Å²) in [7, 11) is 1.61. The molecular weight excluding hydrogens is 367 g/mol. The fourth-order valence-corrected chi connectivity index (χ4v) is 2.80. The van der Waals surface area contributed by atoms with Gasteiger partial charge in [-0.1, -0.05) is 37.7 Å². The molecule has 0 atom stereocenters. The van der Waals surface area contributed by atoms with Crippen molar-refractivity contribution in [3.8, 4) is 11.8 Å². The Hall–Kier alpha value is -2.35. The second-order valence-electron chi connectivity index (χ2n) is 5.65. The normalized spacial score (nSPS) is 11.3. The van der Waals surface area contributed by atoms with Gasteiger partial charge in [-0.15, -0.1) is 0 Å². The Morgan fingerprint density at radius 3 is 2.89 bits per heavy atom. The van der Waals surface area contributed by atoms with Crippen LogP contribution in [0.5, 0.6) is 11.8 Å². The number of hydrogen-bond acceptors (Lipinski definition) is 6. The molecule has 1 heterocycles. The lowest BCUT2D eigenvalue weighted by Gasteiger charge is -2.11. The zero-order chi connectivity index (χ0) is 19.5. The van der Waals surface area contributed by atoms with Gasteiger partial charge in [-0.05, 0) is 30.5 Å². The van der Waals surface area contributed by atoms with Gasteiger partial charge in [-0.3, -0.25) is 4.99 Å². The summed E-state index contributed by atoms with van der Waals surface area (Å²) in [4.78, 5) is 12.5. The maximum atomic E-state index is 14.1. The lowest BCUT2D eigenvalue weighted by Crippen LogP contribution is -2.13. The van der Waals surface area contributed by atoms with Gasteiger partial charge in [0.1, 0.15) is 12.4 Å². The molecule has 0 saturated carbocycles. The van der Waals surface area contributed by atoms with Gasteiger partial charge in [0.25, 0.3) is 0 Å². The molecule has 0 spiro atoms. The highest BCUT2D eigenvalue weighted by Crippen LogP contribution is 2.18. The molecule has 0 amide bonds. The Morgan fingerprint density at radius 2 is 2.15 bits per heavy atom. The Bertz CT molecular complexity index is 758. The number of nitrogens with zero attached hydrogens (tertiary/aromatic N) is 3. The predicted octanol–water partition coefficient (Wildman–Crippen LogP) is 4.52. The number of benzene rings is 1. The van der Waals surface area contributed by atoms with Gasteiger partial charge >= 0.3 is 6.01 Å². The lowest BCUT2D eigenvalue weighted by atomic mass is 10.2. The van der Waals surface area contributed by atoms with Crippen LogP contribution in [0.1, 0.15) is 32.3 Å². The fourth-order valence-electron chi connectivity index (χ4n) is 2.05. The van der Waals surface area contributed by atoms with E-state index in [4.69, 9.17) is 9.47 Å². The summed E-state index contributed by atoms with van der Waals surface area (Å²) in [6.45, 7) is 5.05. The zero-order valence-electron chi connectivity index (χ0n) is 15.9. The van der Waals surface area contributed by atoms with Crippen molar-refractivity contribution in [2.45, 2.75) is 33.3 Å². The second kappa shape index (κ2) is 11.4. The third-order valence-corrected chi connectivity index (χ3v) is 4.49. The average molecular weight is 393 g/mol. The smallest absolute Gasteiger partial charge is 0.318 e. The zero-order valence-corrected chi connectivity index (χ0v) is 16.7. The summed E-state index contributed by atoms with van der Waals surface area (Å²) in [6, 6.07) is 7.58. The number of nitrogens with one attached hydrogen (secondary N) is 1. The number of halogens is 1. The van der Waals surface area contributed by atoms with Gasteiger partial charge in [-0.2, -0.15) is 4.98 Å². The maximum absolute atomic E-state index is 14.1. The molecule has 2 rings (SSSR count). The van der Waals surface area contributed by atoms with Gasteiger partial charge < -0.3 is 14.8 Å². The topological polar surface area (TPSA) is 68.6 Å². The number of thioether (sulfide) groups is 1. The SMILES string of the molecule is CCC/N=C(/Nc1nc(OCc2cccc(OC)c2)ncc1F)SCCC. The van der Waals surface area contributed by atoms with Crippen molar-refractivity contribution in [3.63, 3.8) is 0 Å². The average Bonchev–Trinajstić information content (AvgIpc) is 2.70. The minimum Gasteiger partial charge on any atom is -0.497 e. The molecule has 0 aliphatic carbocycles. The molecule has 0 saturated heterocycles. The highest BCUT2D eigenvalue weighted by atomic mass is 32.2. The highest BCUT2D eigenvalue weighted by molar-refractivity contribution is 8.14. The summed E-state index contributed by atoms with van der Waals surface area (Å²) in [5.74, 6) is 1.14. The van der Waals surface area contributed by atoms with Gasteiger partial charge in [0, 0.05) is 12.3 Å². The van der Waals surface area contributed by atoms with Crippen molar-refractivity contribution < 1.29 is 13.9 Å². The van der Waals surface area contributed by atoms with Crippen molar-refractivity contribution in [3.05, 3.63) is 41.8 Å². The molecule has 0 radical (unpaired) electrons. The number of amidine groups is 1. The van der Waals surface area contributed by atoms with E-state index in [1.165, 1.54) is 0 Å². The van der Waals surface area contributed by atoms with Crippen LogP contribution >= 0.6 is 11.8 Å². The van der Waals surface area contributed by atoms with E-state index in [-0.39, 0.29) is 18.4 Å². The molecule has 0 unspecified atom stereocenters. The number of aromatic nitrogens is 2. The van der Waals surface area contributed by atoms with E-state index in [1.807, 2.05) is 31.2 Å². The maximum Gasteiger partial charge on any atom is 0.318 e. The molecule has 0 aliphatic rings.